The lowest BCUT2D eigenvalue weighted by molar-refractivity contribution is 0.985. The highest BCUT2D eigenvalue weighted by molar-refractivity contribution is 5.74. The third kappa shape index (κ3) is 4.13. The number of benzene rings is 2. The molecule has 0 spiro atoms. The van der Waals surface area contributed by atoms with Crippen molar-refractivity contribution in [1.82, 2.24) is 9.55 Å². The number of hydrogen-bond donors (Lipinski definition) is 0. The molecule has 0 unspecified atom stereocenters. The first-order valence-corrected chi connectivity index (χ1v) is 8.99. The molecule has 0 aliphatic heterocycles. The first-order chi connectivity index (χ1) is 13.4. The molecule has 2 heteroatoms. The summed E-state index contributed by atoms with van der Waals surface area (Å²) >= 11 is 0. The number of rotatable bonds is 5. The lowest BCUT2D eigenvalue weighted by atomic mass is 10.2. The minimum Gasteiger partial charge on any atom is -0.295 e. The van der Waals surface area contributed by atoms with Gasteiger partial charge >= 0.3 is 0 Å². The van der Waals surface area contributed by atoms with Gasteiger partial charge in [-0.3, -0.25) is 4.57 Å². The van der Waals surface area contributed by atoms with Crippen LogP contribution in [0.5, 0.6) is 0 Å². The Bertz CT molecular complexity index is 976. The molecule has 2 aromatic carbocycles. The Morgan fingerprint density at radius 2 is 1.04 bits per heavy atom. The van der Waals surface area contributed by atoms with Gasteiger partial charge in [0.15, 0.2) is 0 Å². The molecule has 0 atom stereocenters. The van der Waals surface area contributed by atoms with Gasteiger partial charge in [-0.15, -0.1) is 0 Å². The van der Waals surface area contributed by atoms with Crippen molar-refractivity contribution in [3.63, 3.8) is 0 Å². The number of hydrogen-bond acceptors (Lipinski definition) is 1. The first-order valence-electron chi connectivity index (χ1n) is 8.99. The average Bonchev–Trinajstić information content (AvgIpc) is 3.16. The Morgan fingerprint density at radius 1 is 0.519 bits per heavy atom. The third-order valence-electron chi connectivity index (χ3n) is 4.31. The summed E-state index contributed by atoms with van der Waals surface area (Å²) in [6.07, 6.45) is 10.3. The van der Waals surface area contributed by atoms with Gasteiger partial charge in [-0.05, 0) is 47.5 Å². The summed E-state index contributed by atoms with van der Waals surface area (Å²) in [4.78, 5) is 4.55. The molecule has 4 rings (SSSR count). The Morgan fingerprint density at radius 3 is 1.52 bits per heavy atom. The lowest BCUT2D eigenvalue weighted by Gasteiger charge is -2.08. The Hall–Kier alpha value is -3.65. The van der Waals surface area contributed by atoms with E-state index in [2.05, 4.69) is 70.3 Å². The normalized spacial score (nSPS) is 11.4. The fraction of sp³-hybridized carbons (Fsp3) is 0. The molecule has 0 saturated carbocycles. The minimum absolute atomic E-state index is 0.905. The molecular formula is C25H20N2. The third-order valence-corrected chi connectivity index (χ3v) is 4.31. The summed E-state index contributed by atoms with van der Waals surface area (Å²) in [6.45, 7) is 0. The summed E-state index contributed by atoms with van der Waals surface area (Å²) < 4.78 is 2.17. The summed E-state index contributed by atoms with van der Waals surface area (Å²) in [5, 5.41) is 0. The molecule has 0 aliphatic carbocycles. The van der Waals surface area contributed by atoms with E-state index in [4.69, 9.17) is 0 Å². The lowest BCUT2D eigenvalue weighted by Crippen LogP contribution is -2.01. The van der Waals surface area contributed by atoms with E-state index in [1.807, 2.05) is 60.8 Å². The van der Waals surface area contributed by atoms with E-state index in [-0.39, 0.29) is 0 Å². The zero-order chi connectivity index (χ0) is 18.3. The molecule has 0 N–H and O–H groups in total. The second-order valence-corrected chi connectivity index (χ2v) is 6.19. The molecule has 0 fully saturated rings. The summed E-state index contributed by atoms with van der Waals surface area (Å²) in [7, 11) is 0. The monoisotopic (exact) mass is 348 g/mol. The summed E-state index contributed by atoms with van der Waals surface area (Å²) in [5.41, 5.74) is 4.52. The molecule has 0 amide bonds. The van der Waals surface area contributed by atoms with Crippen molar-refractivity contribution in [3.8, 4) is 5.82 Å². The van der Waals surface area contributed by atoms with Crippen LogP contribution in [0, 0.1) is 0 Å². The van der Waals surface area contributed by atoms with E-state index in [9.17, 15) is 0 Å². The summed E-state index contributed by atoms with van der Waals surface area (Å²) in [5.74, 6) is 0.905. The van der Waals surface area contributed by atoms with Gasteiger partial charge in [0, 0.05) is 17.6 Å². The Labute approximate surface area is 159 Å². The Balaban J connectivity index is 1.73. The van der Waals surface area contributed by atoms with Gasteiger partial charge in [0.1, 0.15) is 5.82 Å². The molecular weight excluding hydrogens is 328 g/mol. The van der Waals surface area contributed by atoms with E-state index in [0.29, 0.717) is 0 Å². The van der Waals surface area contributed by atoms with E-state index >= 15 is 0 Å². The van der Waals surface area contributed by atoms with E-state index in [1.165, 1.54) is 11.1 Å². The topological polar surface area (TPSA) is 17.8 Å². The van der Waals surface area contributed by atoms with Crippen molar-refractivity contribution < 1.29 is 0 Å². The van der Waals surface area contributed by atoms with Crippen molar-refractivity contribution in [2.45, 2.75) is 0 Å². The van der Waals surface area contributed by atoms with Crippen LogP contribution in [0.25, 0.3) is 30.1 Å². The van der Waals surface area contributed by atoms with Gasteiger partial charge in [0.25, 0.3) is 0 Å². The van der Waals surface area contributed by atoms with Crippen molar-refractivity contribution >= 4 is 24.3 Å². The first kappa shape index (κ1) is 16.8. The molecule has 27 heavy (non-hydrogen) atoms. The second-order valence-electron chi connectivity index (χ2n) is 6.19. The van der Waals surface area contributed by atoms with Gasteiger partial charge in [-0.25, -0.2) is 4.98 Å². The second kappa shape index (κ2) is 8.15. The smallest absolute Gasteiger partial charge is 0.137 e. The molecule has 2 aromatic heterocycles. The average molecular weight is 348 g/mol. The van der Waals surface area contributed by atoms with Gasteiger partial charge in [-0.1, -0.05) is 78.9 Å². The van der Waals surface area contributed by atoms with Crippen LogP contribution in [0.1, 0.15) is 22.5 Å². The molecule has 2 heterocycles. The zero-order valence-electron chi connectivity index (χ0n) is 14.9. The highest BCUT2D eigenvalue weighted by Gasteiger charge is 2.07. The fourth-order valence-electron chi connectivity index (χ4n) is 2.97. The van der Waals surface area contributed by atoms with E-state index in [1.54, 1.807) is 0 Å². The maximum Gasteiger partial charge on any atom is 0.137 e. The van der Waals surface area contributed by atoms with Crippen LogP contribution in [0.15, 0.2) is 97.2 Å². The van der Waals surface area contributed by atoms with Gasteiger partial charge in [0.05, 0.1) is 0 Å². The number of nitrogens with zero attached hydrogens (tertiary/aromatic N) is 2. The van der Waals surface area contributed by atoms with Crippen LogP contribution in [0.2, 0.25) is 0 Å². The van der Waals surface area contributed by atoms with Gasteiger partial charge < -0.3 is 0 Å². The van der Waals surface area contributed by atoms with Crippen molar-refractivity contribution in [3.05, 3.63) is 120 Å². The standard InChI is InChI=1S/C25H20N2/c1-3-9-21(10-4-1)14-16-23-18-19-24(17-15-22-11-5-2-6-12-22)27(23)25-13-7-8-20-26-25/h1-20H. The van der Waals surface area contributed by atoms with Crippen LogP contribution >= 0.6 is 0 Å². The maximum atomic E-state index is 4.55. The number of pyridine rings is 1. The highest BCUT2D eigenvalue weighted by Crippen LogP contribution is 2.20. The van der Waals surface area contributed by atoms with Crippen LogP contribution in [-0.4, -0.2) is 9.55 Å². The van der Waals surface area contributed by atoms with E-state index in [0.717, 1.165) is 17.2 Å². The van der Waals surface area contributed by atoms with Crippen LogP contribution in [0.3, 0.4) is 0 Å². The molecule has 4 aromatic rings. The molecule has 0 saturated heterocycles. The summed E-state index contributed by atoms with van der Waals surface area (Å²) in [6, 6.07) is 30.9. The van der Waals surface area contributed by atoms with Crippen molar-refractivity contribution in [1.29, 1.82) is 0 Å². The predicted molar refractivity (Wildman–Crippen MR) is 114 cm³/mol. The molecule has 0 radical (unpaired) electrons. The maximum absolute atomic E-state index is 4.55. The fourth-order valence-corrected chi connectivity index (χ4v) is 2.97. The van der Waals surface area contributed by atoms with Crippen LogP contribution in [0.4, 0.5) is 0 Å². The SMILES string of the molecule is C(=Cc1ccc(C=Cc2ccccc2)n1-c1ccccn1)c1ccccc1. The van der Waals surface area contributed by atoms with Crippen LogP contribution < -0.4 is 0 Å². The van der Waals surface area contributed by atoms with Crippen LogP contribution in [-0.2, 0) is 0 Å². The number of aromatic nitrogens is 2. The molecule has 130 valence electrons. The van der Waals surface area contributed by atoms with E-state index < -0.39 is 0 Å². The van der Waals surface area contributed by atoms with Crippen molar-refractivity contribution in [2.24, 2.45) is 0 Å². The Kier molecular flexibility index (Phi) is 5.07. The molecule has 0 bridgehead atoms. The predicted octanol–water partition coefficient (Wildman–Crippen LogP) is 6.21. The molecule has 2 nitrogen and oxygen atoms in total. The van der Waals surface area contributed by atoms with Gasteiger partial charge in [-0.2, -0.15) is 0 Å². The minimum atomic E-state index is 0.905. The van der Waals surface area contributed by atoms with Gasteiger partial charge in [0.2, 0.25) is 0 Å². The zero-order valence-corrected chi connectivity index (χ0v) is 14.9. The largest absolute Gasteiger partial charge is 0.295 e. The highest BCUT2D eigenvalue weighted by atomic mass is 15.1. The molecule has 0 aliphatic rings. The quantitative estimate of drug-likeness (QED) is 0.419. The van der Waals surface area contributed by atoms with Crippen molar-refractivity contribution in [2.75, 3.05) is 0 Å².